The van der Waals surface area contributed by atoms with Crippen LogP contribution in [0, 0.1) is 6.92 Å². The van der Waals surface area contributed by atoms with Crippen LogP contribution in [0.25, 0.3) is 0 Å². The number of hydrogen-bond acceptors (Lipinski definition) is 2. The van der Waals surface area contributed by atoms with E-state index in [1.54, 1.807) is 30.5 Å². The number of halogens is 2. The third-order valence-electron chi connectivity index (χ3n) is 2.95. The van der Waals surface area contributed by atoms with Gasteiger partial charge in [0.2, 0.25) is 0 Å². The minimum Gasteiger partial charge on any atom is -0.345 e. The first kappa shape index (κ1) is 14.8. The highest BCUT2D eigenvalue weighted by Gasteiger charge is 2.14. The van der Waals surface area contributed by atoms with Gasteiger partial charge in [0.15, 0.2) is 0 Å². The molecule has 3 nitrogen and oxygen atoms in total. The molecule has 0 aliphatic rings. The van der Waals surface area contributed by atoms with Crippen LogP contribution in [0.4, 0.5) is 0 Å². The van der Waals surface area contributed by atoms with Gasteiger partial charge in [0, 0.05) is 21.9 Å². The Bertz CT molecular complexity index is 626. The molecule has 1 N–H and O–H groups in total. The molecule has 1 heterocycles. The molecule has 1 aromatic carbocycles. The molecule has 0 aliphatic carbocycles. The molecule has 2 rings (SSSR count). The molecule has 0 spiro atoms. The van der Waals surface area contributed by atoms with Crippen LogP contribution in [0.15, 0.2) is 36.5 Å². The number of hydrogen-bond donors (Lipinski definition) is 1. The van der Waals surface area contributed by atoms with Crippen LogP contribution in [0.3, 0.4) is 0 Å². The van der Waals surface area contributed by atoms with E-state index < -0.39 is 0 Å². The van der Waals surface area contributed by atoms with Crippen molar-refractivity contribution in [2.45, 2.75) is 19.9 Å². The Labute approximate surface area is 127 Å². The van der Waals surface area contributed by atoms with Gasteiger partial charge in [-0.15, -0.1) is 0 Å². The highest BCUT2D eigenvalue weighted by molar-refractivity contribution is 6.35. The van der Waals surface area contributed by atoms with Crippen molar-refractivity contribution in [3.8, 4) is 0 Å². The van der Waals surface area contributed by atoms with E-state index in [-0.39, 0.29) is 11.9 Å². The molecular formula is C15H14Cl2N2O. The van der Waals surface area contributed by atoms with Crippen LogP contribution in [-0.4, -0.2) is 10.9 Å². The monoisotopic (exact) mass is 308 g/mol. The predicted octanol–water partition coefficient (Wildman–Crippen LogP) is 4.19. The highest BCUT2D eigenvalue weighted by atomic mass is 35.5. The number of carbonyl (C=O) groups is 1. The number of carbonyl (C=O) groups excluding carboxylic acids is 1. The second-order valence-electron chi connectivity index (χ2n) is 4.55. The lowest BCUT2D eigenvalue weighted by Gasteiger charge is -2.16. The van der Waals surface area contributed by atoms with E-state index in [0.717, 1.165) is 11.3 Å². The maximum atomic E-state index is 12.1. The zero-order valence-corrected chi connectivity index (χ0v) is 12.7. The second-order valence-corrected chi connectivity index (χ2v) is 5.39. The molecule has 2 aromatic rings. The normalized spacial score (nSPS) is 12.0. The van der Waals surface area contributed by atoms with Crippen LogP contribution >= 0.6 is 23.2 Å². The molecule has 1 atom stereocenters. The lowest BCUT2D eigenvalue weighted by Crippen LogP contribution is -2.26. The largest absolute Gasteiger partial charge is 0.345 e. The number of nitrogens with zero attached hydrogens (tertiary/aromatic N) is 1. The predicted molar refractivity (Wildman–Crippen MR) is 81.3 cm³/mol. The Morgan fingerprint density at radius 1 is 1.25 bits per heavy atom. The highest BCUT2D eigenvalue weighted by Crippen LogP contribution is 2.26. The lowest BCUT2D eigenvalue weighted by molar-refractivity contribution is 0.0939. The number of benzene rings is 1. The SMILES string of the molecule is Cc1ccc(C(=O)NC(C)c2ccc(Cl)cc2Cl)cn1. The van der Waals surface area contributed by atoms with Gasteiger partial charge in [0.1, 0.15) is 0 Å². The first-order chi connectivity index (χ1) is 9.47. The van der Waals surface area contributed by atoms with E-state index in [1.165, 1.54) is 0 Å². The van der Waals surface area contributed by atoms with E-state index in [2.05, 4.69) is 10.3 Å². The summed E-state index contributed by atoms with van der Waals surface area (Å²) in [7, 11) is 0. The fraction of sp³-hybridized carbons (Fsp3) is 0.200. The molecule has 20 heavy (non-hydrogen) atoms. The molecule has 0 fully saturated rings. The molecule has 1 unspecified atom stereocenters. The fourth-order valence-electron chi connectivity index (χ4n) is 1.81. The smallest absolute Gasteiger partial charge is 0.253 e. The second kappa shape index (κ2) is 6.25. The number of amides is 1. The maximum absolute atomic E-state index is 12.1. The number of nitrogens with one attached hydrogen (secondary N) is 1. The first-order valence-electron chi connectivity index (χ1n) is 6.16. The van der Waals surface area contributed by atoms with Gasteiger partial charge in [-0.2, -0.15) is 0 Å². The molecule has 0 radical (unpaired) electrons. The average molecular weight is 309 g/mol. The van der Waals surface area contributed by atoms with Crippen molar-refractivity contribution in [3.63, 3.8) is 0 Å². The molecule has 104 valence electrons. The summed E-state index contributed by atoms with van der Waals surface area (Å²) in [6.45, 7) is 3.74. The number of pyridine rings is 1. The van der Waals surface area contributed by atoms with E-state index in [0.29, 0.717) is 15.6 Å². The van der Waals surface area contributed by atoms with Gasteiger partial charge >= 0.3 is 0 Å². The summed E-state index contributed by atoms with van der Waals surface area (Å²) in [6, 6.07) is 8.55. The zero-order chi connectivity index (χ0) is 14.7. The standard InChI is InChI=1S/C15H14Cl2N2O/c1-9-3-4-11(8-18-9)15(20)19-10(2)13-6-5-12(16)7-14(13)17/h3-8,10H,1-2H3,(H,19,20). The van der Waals surface area contributed by atoms with Crippen molar-refractivity contribution in [2.24, 2.45) is 0 Å². The molecule has 0 aliphatic heterocycles. The van der Waals surface area contributed by atoms with Gasteiger partial charge in [0.05, 0.1) is 11.6 Å². The number of aryl methyl sites for hydroxylation is 1. The molecule has 0 bridgehead atoms. The summed E-state index contributed by atoms with van der Waals surface area (Å²) in [5, 5.41) is 3.99. The number of aromatic nitrogens is 1. The first-order valence-corrected chi connectivity index (χ1v) is 6.91. The van der Waals surface area contributed by atoms with Crippen molar-refractivity contribution in [1.82, 2.24) is 10.3 Å². The van der Waals surface area contributed by atoms with Crippen molar-refractivity contribution in [1.29, 1.82) is 0 Å². The van der Waals surface area contributed by atoms with Gasteiger partial charge in [-0.25, -0.2) is 0 Å². The topological polar surface area (TPSA) is 42.0 Å². The maximum Gasteiger partial charge on any atom is 0.253 e. The molecular weight excluding hydrogens is 295 g/mol. The van der Waals surface area contributed by atoms with Crippen LogP contribution in [-0.2, 0) is 0 Å². The third kappa shape index (κ3) is 3.50. The van der Waals surface area contributed by atoms with Gasteiger partial charge in [-0.1, -0.05) is 29.3 Å². The Hall–Kier alpha value is -1.58. The van der Waals surface area contributed by atoms with Crippen LogP contribution in [0.5, 0.6) is 0 Å². The summed E-state index contributed by atoms with van der Waals surface area (Å²) in [5.41, 5.74) is 2.22. The lowest BCUT2D eigenvalue weighted by atomic mass is 10.1. The van der Waals surface area contributed by atoms with Crippen LogP contribution < -0.4 is 5.32 Å². The minimum absolute atomic E-state index is 0.184. The quantitative estimate of drug-likeness (QED) is 0.924. The molecule has 0 saturated carbocycles. The fourth-order valence-corrected chi connectivity index (χ4v) is 2.38. The van der Waals surface area contributed by atoms with E-state index in [1.807, 2.05) is 19.9 Å². The van der Waals surface area contributed by atoms with E-state index in [4.69, 9.17) is 23.2 Å². The van der Waals surface area contributed by atoms with Crippen molar-refractivity contribution >= 4 is 29.1 Å². The Morgan fingerprint density at radius 2 is 2.00 bits per heavy atom. The molecule has 5 heteroatoms. The van der Waals surface area contributed by atoms with Crippen LogP contribution in [0.1, 0.15) is 34.6 Å². The Balaban J connectivity index is 2.12. The third-order valence-corrected chi connectivity index (χ3v) is 3.51. The average Bonchev–Trinajstić information content (AvgIpc) is 2.39. The van der Waals surface area contributed by atoms with Gasteiger partial charge in [-0.05, 0) is 43.7 Å². The number of rotatable bonds is 3. The summed E-state index contributed by atoms with van der Waals surface area (Å²) in [6.07, 6.45) is 1.56. The van der Waals surface area contributed by atoms with Crippen LogP contribution in [0.2, 0.25) is 10.0 Å². The summed E-state index contributed by atoms with van der Waals surface area (Å²) < 4.78 is 0. The molecule has 0 saturated heterocycles. The van der Waals surface area contributed by atoms with Crippen molar-refractivity contribution in [3.05, 3.63) is 63.4 Å². The van der Waals surface area contributed by atoms with E-state index in [9.17, 15) is 4.79 Å². The Kier molecular flexibility index (Phi) is 4.63. The van der Waals surface area contributed by atoms with Crippen molar-refractivity contribution in [2.75, 3.05) is 0 Å². The Morgan fingerprint density at radius 3 is 2.60 bits per heavy atom. The van der Waals surface area contributed by atoms with Crippen molar-refractivity contribution < 1.29 is 4.79 Å². The minimum atomic E-state index is -0.214. The summed E-state index contributed by atoms with van der Waals surface area (Å²) in [4.78, 5) is 16.2. The summed E-state index contributed by atoms with van der Waals surface area (Å²) >= 11 is 12.0. The zero-order valence-electron chi connectivity index (χ0n) is 11.2. The summed E-state index contributed by atoms with van der Waals surface area (Å²) in [5.74, 6) is -0.184. The van der Waals surface area contributed by atoms with Gasteiger partial charge < -0.3 is 5.32 Å². The van der Waals surface area contributed by atoms with E-state index >= 15 is 0 Å². The van der Waals surface area contributed by atoms with Gasteiger partial charge in [-0.3, -0.25) is 9.78 Å². The molecule has 1 aromatic heterocycles. The molecule has 1 amide bonds. The van der Waals surface area contributed by atoms with Gasteiger partial charge in [0.25, 0.3) is 5.91 Å².